The summed E-state index contributed by atoms with van der Waals surface area (Å²) < 4.78 is 0.307. The van der Waals surface area contributed by atoms with Gasteiger partial charge >= 0.3 is 0 Å². The van der Waals surface area contributed by atoms with Gasteiger partial charge in [-0.3, -0.25) is 4.79 Å². The lowest BCUT2D eigenvalue weighted by Gasteiger charge is -2.37. The van der Waals surface area contributed by atoms with Crippen molar-refractivity contribution in [2.24, 2.45) is 41.4 Å². The first-order valence-electron chi connectivity index (χ1n) is 5.46. The zero-order valence-corrected chi connectivity index (χ0v) is 8.83. The summed E-state index contributed by atoms with van der Waals surface area (Å²) in [6.07, 6.45) is 2.73. The first-order chi connectivity index (χ1) is 6.23. The molecular weight excluding hydrogens is 228 g/mol. The molecule has 6 aliphatic carbocycles. The molecule has 13 heavy (non-hydrogen) atoms. The predicted molar refractivity (Wildman–Crippen MR) is 50.3 cm³/mol. The van der Waals surface area contributed by atoms with Crippen LogP contribution in [-0.2, 0) is 4.79 Å². The number of ketones is 1. The van der Waals surface area contributed by atoms with Gasteiger partial charge in [0, 0.05) is 16.2 Å². The lowest BCUT2D eigenvalue weighted by atomic mass is 9.71. The molecule has 68 valence electrons. The molecular formula is C11H11BrO. The summed E-state index contributed by atoms with van der Waals surface area (Å²) >= 11 is 3.94. The van der Waals surface area contributed by atoms with Crippen LogP contribution >= 0.6 is 15.9 Å². The lowest BCUT2D eigenvalue weighted by Crippen LogP contribution is -2.39. The molecule has 0 aliphatic heterocycles. The summed E-state index contributed by atoms with van der Waals surface area (Å²) in [7, 11) is 0. The number of alkyl halides is 1. The van der Waals surface area contributed by atoms with Gasteiger partial charge in [-0.25, -0.2) is 0 Å². The van der Waals surface area contributed by atoms with Gasteiger partial charge in [0.15, 0.2) is 0 Å². The topological polar surface area (TPSA) is 17.1 Å². The monoisotopic (exact) mass is 238 g/mol. The standard InChI is InChI=1S/C11H11BrO/c12-11-2-5-3-1-4-6(5)9(11)10(13)7(4)8(3)11/h3-9H,1-2H2/t3-,4-,5+,6+,7-,8+,9-,11-/m0/s1. The lowest BCUT2D eigenvalue weighted by molar-refractivity contribution is -0.122. The van der Waals surface area contributed by atoms with E-state index in [9.17, 15) is 4.79 Å². The molecule has 6 rings (SSSR count). The van der Waals surface area contributed by atoms with Crippen LogP contribution in [0.25, 0.3) is 0 Å². The minimum absolute atomic E-state index is 0.307. The van der Waals surface area contributed by atoms with Crippen LogP contribution < -0.4 is 0 Å². The Balaban J connectivity index is 1.94. The molecule has 6 aliphatic rings. The normalized spacial score (nSPS) is 79.8. The molecule has 0 aromatic heterocycles. The van der Waals surface area contributed by atoms with Gasteiger partial charge in [0.25, 0.3) is 0 Å². The van der Waals surface area contributed by atoms with Gasteiger partial charge in [-0.15, -0.1) is 0 Å². The first kappa shape index (κ1) is 6.60. The van der Waals surface area contributed by atoms with E-state index < -0.39 is 0 Å². The quantitative estimate of drug-likeness (QED) is 0.589. The Kier molecular flexibility index (Phi) is 0.742. The highest BCUT2D eigenvalue weighted by molar-refractivity contribution is 9.10. The molecule has 6 bridgehead atoms. The van der Waals surface area contributed by atoms with E-state index in [-0.39, 0.29) is 0 Å². The van der Waals surface area contributed by atoms with Crippen LogP contribution in [0.4, 0.5) is 0 Å². The number of hydrogen-bond acceptors (Lipinski definition) is 1. The molecule has 0 radical (unpaired) electrons. The summed E-state index contributed by atoms with van der Waals surface area (Å²) in [6, 6.07) is 0. The van der Waals surface area contributed by atoms with Crippen molar-refractivity contribution in [1.82, 2.24) is 0 Å². The van der Waals surface area contributed by atoms with Crippen molar-refractivity contribution in [1.29, 1.82) is 0 Å². The van der Waals surface area contributed by atoms with Crippen LogP contribution in [0, 0.1) is 41.4 Å². The van der Waals surface area contributed by atoms with Crippen molar-refractivity contribution in [2.45, 2.75) is 17.2 Å². The molecule has 6 fully saturated rings. The number of carbonyl (C=O) groups is 1. The molecule has 0 saturated heterocycles. The fourth-order valence-electron chi connectivity index (χ4n) is 6.19. The number of carbonyl (C=O) groups excluding carboxylic acids is 1. The van der Waals surface area contributed by atoms with E-state index in [0.717, 1.165) is 29.6 Å². The highest BCUT2D eigenvalue weighted by Gasteiger charge is 2.85. The second-order valence-electron chi connectivity index (χ2n) is 5.87. The Labute approximate surface area is 85.4 Å². The largest absolute Gasteiger partial charge is 0.299 e. The van der Waals surface area contributed by atoms with Gasteiger partial charge in [-0.05, 0) is 42.4 Å². The summed E-state index contributed by atoms with van der Waals surface area (Å²) in [5, 5.41) is 0. The van der Waals surface area contributed by atoms with Gasteiger partial charge in [0.1, 0.15) is 5.78 Å². The van der Waals surface area contributed by atoms with E-state index in [1.807, 2.05) is 0 Å². The maximum absolute atomic E-state index is 12.1. The summed E-state index contributed by atoms with van der Waals surface area (Å²) in [4.78, 5) is 12.1. The average molecular weight is 239 g/mol. The Morgan fingerprint density at radius 2 is 2.15 bits per heavy atom. The SMILES string of the molecule is O=C1[C@H]2[C@H]3C[C@H]4[C@H]5C[C@](Br)([C@H]42)[C@H]1[C@@H]53. The van der Waals surface area contributed by atoms with E-state index in [1.54, 1.807) is 0 Å². The Morgan fingerprint density at radius 3 is 2.92 bits per heavy atom. The maximum atomic E-state index is 12.1. The summed E-state index contributed by atoms with van der Waals surface area (Å²) in [6.45, 7) is 0. The highest BCUT2D eigenvalue weighted by atomic mass is 79.9. The minimum atomic E-state index is 0.307. The smallest absolute Gasteiger partial charge is 0.141 e. The van der Waals surface area contributed by atoms with Gasteiger partial charge in [-0.1, -0.05) is 15.9 Å². The number of rotatable bonds is 0. The van der Waals surface area contributed by atoms with Crippen molar-refractivity contribution in [3.8, 4) is 0 Å². The van der Waals surface area contributed by atoms with E-state index >= 15 is 0 Å². The average Bonchev–Trinajstić information content (AvgIpc) is 2.70. The minimum Gasteiger partial charge on any atom is -0.299 e. The zero-order chi connectivity index (χ0) is 8.53. The molecule has 6 saturated carbocycles. The predicted octanol–water partition coefficient (Wildman–Crippen LogP) is 1.85. The molecule has 8 atom stereocenters. The molecule has 1 nitrogen and oxygen atoms in total. The fraction of sp³-hybridized carbons (Fsp3) is 0.909. The first-order valence-corrected chi connectivity index (χ1v) is 6.25. The van der Waals surface area contributed by atoms with Crippen LogP contribution in [0.1, 0.15) is 12.8 Å². The van der Waals surface area contributed by atoms with Crippen LogP contribution in [-0.4, -0.2) is 10.1 Å². The highest BCUT2D eigenvalue weighted by Crippen LogP contribution is 2.84. The van der Waals surface area contributed by atoms with Crippen molar-refractivity contribution >= 4 is 21.7 Å². The van der Waals surface area contributed by atoms with Crippen LogP contribution in [0.2, 0.25) is 0 Å². The molecule has 0 unspecified atom stereocenters. The van der Waals surface area contributed by atoms with Gasteiger partial charge in [-0.2, -0.15) is 0 Å². The second-order valence-corrected chi connectivity index (χ2v) is 7.34. The van der Waals surface area contributed by atoms with Crippen molar-refractivity contribution < 1.29 is 4.79 Å². The Bertz CT molecular complexity index is 365. The Hall–Kier alpha value is 0.150. The van der Waals surface area contributed by atoms with E-state index in [2.05, 4.69) is 15.9 Å². The third kappa shape index (κ3) is 0.383. The zero-order valence-electron chi connectivity index (χ0n) is 7.24. The molecule has 0 aromatic carbocycles. The van der Waals surface area contributed by atoms with E-state index in [0.29, 0.717) is 21.9 Å². The fourth-order valence-corrected chi connectivity index (χ4v) is 7.72. The molecule has 0 amide bonds. The maximum Gasteiger partial charge on any atom is 0.141 e. The Morgan fingerprint density at radius 1 is 1.31 bits per heavy atom. The van der Waals surface area contributed by atoms with Crippen molar-refractivity contribution in [3.05, 3.63) is 0 Å². The van der Waals surface area contributed by atoms with Gasteiger partial charge in [0.2, 0.25) is 0 Å². The van der Waals surface area contributed by atoms with E-state index in [4.69, 9.17) is 0 Å². The summed E-state index contributed by atoms with van der Waals surface area (Å²) in [5.74, 6) is 5.94. The van der Waals surface area contributed by atoms with E-state index in [1.165, 1.54) is 12.8 Å². The van der Waals surface area contributed by atoms with Crippen molar-refractivity contribution in [2.75, 3.05) is 0 Å². The van der Waals surface area contributed by atoms with Crippen LogP contribution in [0.5, 0.6) is 0 Å². The second kappa shape index (κ2) is 1.46. The molecule has 0 spiro atoms. The number of halogens is 1. The summed E-state index contributed by atoms with van der Waals surface area (Å²) in [5.41, 5.74) is 0. The van der Waals surface area contributed by atoms with Gasteiger partial charge < -0.3 is 0 Å². The van der Waals surface area contributed by atoms with Gasteiger partial charge in [0.05, 0.1) is 0 Å². The molecule has 2 heteroatoms. The van der Waals surface area contributed by atoms with Crippen LogP contribution in [0.15, 0.2) is 0 Å². The van der Waals surface area contributed by atoms with Crippen molar-refractivity contribution in [3.63, 3.8) is 0 Å². The molecule has 0 heterocycles. The third-order valence-corrected chi connectivity index (χ3v) is 7.38. The number of hydrogen-bond donors (Lipinski definition) is 0. The molecule has 0 aromatic rings. The molecule has 0 N–H and O–H groups in total. The number of Topliss-reactive ketones (excluding diaryl/α,β-unsaturated/α-hetero) is 1. The third-order valence-electron chi connectivity index (χ3n) is 6.03. The van der Waals surface area contributed by atoms with Crippen LogP contribution in [0.3, 0.4) is 0 Å².